The molecular weight excluding hydrogens is 296 g/mol. The van der Waals surface area contributed by atoms with Crippen molar-refractivity contribution in [1.29, 1.82) is 0 Å². The SMILES string of the molecule is Cc1ccc(C(=O)N2CCCC(c3n[nH]c(C4CC4)n3)C2)s1. The normalized spacial score (nSPS) is 22.0. The van der Waals surface area contributed by atoms with E-state index in [4.69, 9.17) is 0 Å². The molecule has 22 heavy (non-hydrogen) atoms. The molecule has 0 bridgehead atoms. The van der Waals surface area contributed by atoms with E-state index in [0.717, 1.165) is 42.5 Å². The molecule has 1 saturated carbocycles. The lowest BCUT2D eigenvalue weighted by Crippen LogP contribution is -2.39. The molecule has 2 aromatic heterocycles. The Morgan fingerprint density at radius 1 is 1.32 bits per heavy atom. The Morgan fingerprint density at radius 2 is 2.18 bits per heavy atom. The number of thiophene rings is 1. The Bertz CT molecular complexity index is 688. The number of carbonyl (C=O) groups is 1. The number of carbonyl (C=O) groups excluding carboxylic acids is 1. The summed E-state index contributed by atoms with van der Waals surface area (Å²) in [5.41, 5.74) is 0. The van der Waals surface area contributed by atoms with Gasteiger partial charge in [0.05, 0.1) is 4.88 Å². The zero-order valence-corrected chi connectivity index (χ0v) is 13.5. The van der Waals surface area contributed by atoms with E-state index in [1.54, 1.807) is 11.3 Å². The first-order chi connectivity index (χ1) is 10.7. The highest BCUT2D eigenvalue weighted by atomic mass is 32.1. The van der Waals surface area contributed by atoms with Gasteiger partial charge in [-0.3, -0.25) is 9.89 Å². The number of piperidine rings is 1. The number of nitrogens with one attached hydrogen (secondary N) is 1. The summed E-state index contributed by atoms with van der Waals surface area (Å²) in [5.74, 6) is 2.94. The lowest BCUT2D eigenvalue weighted by molar-refractivity contribution is 0.0709. The molecule has 4 rings (SSSR count). The number of rotatable bonds is 3. The molecule has 0 aromatic carbocycles. The van der Waals surface area contributed by atoms with Gasteiger partial charge < -0.3 is 4.90 Å². The van der Waals surface area contributed by atoms with Crippen molar-refractivity contribution in [2.45, 2.75) is 44.4 Å². The fourth-order valence-electron chi connectivity index (χ4n) is 3.09. The molecule has 1 amide bonds. The van der Waals surface area contributed by atoms with Crippen LogP contribution in [0.1, 0.15) is 63.7 Å². The van der Waals surface area contributed by atoms with Crippen molar-refractivity contribution >= 4 is 17.2 Å². The van der Waals surface area contributed by atoms with Crippen LogP contribution in [0.3, 0.4) is 0 Å². The van der Waals surface area contributed by atoms with Crippen LogP contribution in [0.25, 0.3) is 0 Å². The third-order valence-corrected chi connectivity index (χ3v) is 5.50. The average molecular weight is 316 g/mol. The summed E-state index contributed by atoms with van der Waals surface area (Å²) in [6.07, 6.45) is 4.53. The Kier molecular flexibility index (Phi) is 3.48. The number of nitrogens with zero attached hydrogens (tertiary/aromatic N) is 3. The van der Waals surface area contributed by atoms with E-state index in [2.05, 4.69) is 15.2 Å². The van der Waals surface area contributed by atoms with Crippen molar-refractivity contribution in [3.05, 3.63) is 33.5 Å². The van der Waals surface area contributed by atoms with Gasteiger partial charge in [0.1, 0.15) is 5.82 Å². The lowest BCUT2D eigenvalue weighted by Gasteiger charge is -2.31. The minimum Gasteiger partial charge on any atom is -0.337 e. The first kappa shape index (κ1) is 13.9. The fraction of sp³-hybridized carbons (Fsp3) is 0.562. The van der Waals surface area contributed by atoms with Crippen LogP contribution < -0.4 is 0 Å². The van der Waals surface area contributed by atoms with Crippen LogP contribution in [0.5, 0.6) is 0 Å². The molecule has 1 saturated heterocycles. The second-order valence-electron chi connectivity index (χ2n) is 6.35. The number of hydrogen-bond donors (Lipinski definition) is 1. The number of aromatic nitrogens is 3. The van der Waals surface area contributed by atoms with Crippen LogP contribution in [0.2, 0.25) is 0 Å². The molecule has 6 heteroatoms. The van der Waals surface area contributed by atoms with E-state index < -0.39 is 0 Å². The number of aryl methyl sites for hydroxylation is 1. The zero-order chi connectivity index (χ0) is 15.1. The predicted molar refractivity (Wildman–Crippen MR) is 85.3 cm³/mol. The molecule has 1 atom stereocenters. The summed E-state index contributed by atoms with van der Waals surface area (Å²) in [4.78, 5) is 21.3. The van der Waals surface area contributed by atoms with Gasteiger partial charge in [0.15, 0.2) is 5.82 Å². The first-order valence-electron chi connectivity index (χ1n) is 7.98. The lowest BCUT2D eigenvalue weighted by atomic mass is 9.97. The molecule has 1 N–H and O–H groups in total. The molecule has 1 unspecified atom stereocenters. The summed E-state index contributed by atoms with van der Waals surface area (Å²) < 4.78 is 0. The van der Waals surface area contributed by atoms with Crippen LogP contribution in [0.15, 0.2) is 12.1 Å². The van der Waals surface area contributed by atoms with E-state index in [-0.39, 0.29) is 11.8 Å². The van der Waals surface area contributed by atoms with Gasteiger partial charge in [-0.05, 0) is 44.7 Å². The van der Waals surface area contributed by atoms with Crippen molar-refractivity contribution in [3.63, 3.8) is 0 Å². The quantitative estimate of drug-likeness (QED) is 0.946. The van der Waals surface area contributed by atoms with Gasteiger partial charge in [0.2, 0.25) is 0 Å². The zero-order valence-electron chi connectivity index (χ0n) is 12.7. The van der Waals surface area contributed by atoms with E-state index in [1.165, 1.54) is 17.7 Å². The third kappa shape index (κ3) is 2.67. The minimum absolute atomic E-state index is 0.153. The average Bonchev–Trinajstić information content (AvgIpc) is 3.10. The maximum absolute atomic E-state index is 12.6. The highest BCUT2D eigenvalue weighted by molar-refractivity contribution is 7.13. The second kappa shape index (κ2) is 5.50. The molecule has 3 heterocycles. The van der Waals surface area contributed by atoms with Gasteiger partial charge in [-0.1, -0.05) is 0 Å². The first-order valence-corrected chi connectivity index (χ1v) is 8.80. The minimum atomic E-state index is 0.153. The van der Waals surface area contributed by atoms with Gasteiger partial charge >= 0.3 is 0 Å². The van der Waals surface area contributed by atoms with Crippen molar-refractivity contribution in [1.82, 2.24) is 20.1 Å². The van der Waals surface area contributed by atoms with E-state index in [1.807, 2.05) is 24.0 Å². The van der Waals surface area contributed by atoms with Crippen LogP contribution in [0.4, 0.5) is 0 Å². The summed E-state index contributed by atoms with van der Waals surface area (Å²) in [6.45, 7) is 3.61. The van der Waals surface area contributed by atoms with Crippen LogP contribution in [0, 0.1) is 6.92 Å². The van der Waals surface area contributed by atoms with Gasteiger partial charge in [0, 0.05) is 29.8 Å². The molecule has 1 aliphatic heterocycles. The van der Waals surface area contributed by atoms with Crippen molar-refractivity contribution in [2.24, 2.45) is 0 Å². The third-order valence-electron chi connectivity index (χ3n) is 4.51. The van der Waals surface area contributed by atoms with Gasteiger partial charge in [-0.15, -0.1) is 11.3 Å². The largest absolute Gasteiger partial charge is 0.337 e. The molecule has 2 aromatic rings. The number of hydrogen-bond acceptors (Lipinski definition) is 4. The van der Waals surface area contributed by atoms with Gasteiger partial charge in [-0.2, -0.15) is 5.10 Å². The van der Waals surface area contributed by atoms with E-state index in [0.29, 0.717) is 5.92 Å². The Morgan fingerprint density at radius 3 is 2.91 bits per heavy atom. The molecule has 2 aliphatic rings. The summed E-state index contributed by atoms with van der Waals surface area (Å²) in [7, 11) is 0. The Labute approximate surface area is 133 Å². The maximum Gasteiger partial charge on any atom is 0.263 e. The molecule has 116 valence electrons. The summed E-state index contributed by atoms with van der Waals surface area (Å²) in [6, 6.07) is 3.94. The van der Waals surface area contributed by atoms with E-state index >= 15 is 0 Å². The monoisotopic (exact) mass is 316 g/mol. The highest BCUT2D eigenvalue weighted by Gasteiger charge is 2.31. The van der Waals surface area contributed by atoms with Gasteiger partial charge in [-0.25, -0.2) is 4.98 Å². The van der Waals surface area contributed by atoms with E-state index in [9.17, 15) is 4.79 Å². The van der Waals surface area contributed by atoms with Crippen molar-refractivity contribution < 1.29 is 4.79 Å². The Hall–Kier alpha value is -1.69. The summed E-state index contributed by atoms with van der Waals surface area (Å²) >= 11 is 1.57. The summed E-state index contributed by atoms with van der Waals surface area (Å²) in [5, 5.41) is 7.48. The second-order valence-corrected chi connectivity index (χ2v) is 7.64. The maximum atomic E-state index is 12.6. The van der Waals surface area contributed by atoms with Gasteiger partial charge in [0.25, 0.3) is 5.91 Å². The molecular formula is C16H20N4OS. The molecule has 2 fully saturated rings. The Balaban J connectivity index is 1.47. The number of H-pyrrole nitrogens is 1. The topological polar surface area (TPSA) is 61.9 Å². The van der Waals surface area contributed by atoms with Crippen LogP contribution in [-0.2, 0) is 0 Å². The predicted octanol–water partition coefficient (Wildman–Crippen LogP) is 3.07. The molecule has 5 nitrogen and oxygen atoms in total. The number of amides is 1. The standard InChI is InChI=1S/C16H20N4OS/c1-10-4-7-13(22-10)16(21)20-8-2-3-12(9-20)15-17-14(18-19-15)11-5-6-11/h4,7,11-12H,2-3,5-6,8-9H2,1H3,(H,17,18,19). The molecule has 0 radical (unpaired) electrons. The van der Waals surface area contributed by atoms with Crippen LogP contribution in [-0.4, -0.2) is 39.1 Å². The molecule has 0 spiro atoms. The molecule has 1 aliphatic carbocycles. The highest BCUT2D eigenvalue weighted by Crippen LogP contribution is 2.38. The smallest absolute Gasteiger partial charge is 0.263 e. The van der Waals surface area contributed by atoms with Crippen molar-refractivity contribution in [2.75, 3.05) is 13.1 Å². The van der Waals surface area contributed by atoms with Crippen LogP contribution >= 0.6 is 11.3 Å². The van der Waals surface area contributed by atoms with Crippen molar-refractivity contribution in [3.8, 4) is 0 Å². The number of aromatic amines is 1. The fourth-order valence-corrected chi connectivity index (χ4v) is 3.92. The number of likely N-dealkylation sites (tertiary alicyclic amines) is 1.